The number of aryl methyl sites for hydroxylation is 1. The average molecular weight is 316 g/mol. The Morgan fingerprint density at radius 3 is 3.00 bits per heavy atom. The van der Waals surface area contributed by atoms with Crippen LogP contribution in [0.2, 0.25) is 0 Å². The van der Waals surface area contributed by atoms with Crippen LogP contribution >= 0.6 is 0 Å². The van der Waals surface area contributed by atoms with Crippen molar-refractivity contribution in [1.82, 2.24) is 30.3 Å². The minimum atomic E-state index is -0.343. The van der Waals surface area contributed by atoms with Gasteiger partial charge < -0.3 is 4.52 Å². The van der Waals surface area contributed by atoms with E-state index < -0.39 is 0 Å². The maximum absolute atomic E-state index is 13.3. The second-order valence-corrected chi connectivity index (χ2v) is 5.27. The second-order valence-electron chi connectivity index (χ2n) is 5.27. The SMILES string of the molecule is CCCCc1noc(C(C)n2nnc(-c3cccc(F)c3)n2)n1. The van der Waals surface area contributed by atoms with Crippen LogP contribution in [0.5, 0.6) is 0 Å². The van der Waals surface area contributed by atoms with Crippen LogP contribution in [0.3, 0.4) is 0 Å². The molecule has 1 unspecified atom stereocenters. The third kappa shape index (κ3) is 3.41. The molecule has 0 amide bonds. The molecule has 120 valence electrons. The molecular formula is C15H17FN6O. The number of benzene rings is 1. The normalized spacial score (nSPS) is 12.5. The van der Waals surface area contributed by atoms with Crippen LogP contribution in [0.15, 0.2) is 28.8 Å². The molecule has 23 heavy (non-hydrogen) atoms. The van der Waals surface area contributed by atoms with Crippen LogP contribution in [-0.2, 0) is 6.42 Å². The zero-order valence-corrected chi connectivity index (χ0v) is 13.0. The fraction of sp³-hybridized carbons (Fsp3) is 0.400. The van der Waals surface area contributed by atoms with Gasteiger partial charge >= 0.3 is 0 Å². The average Bonchev–Trinajstić information content (AvgIpc) is 3.22. The van der Waals surface area contributed by atoms with Crippen molar-refractivity contribution < 1.29 is 8.91 Å². The van der Waals surface area contributed by atoms with Crippen molar-refractivity contribution in [1.29, 1.82) is 0 Å². The van der Waals surface area contributed by atoms with E-state index in [0.29, 0.717) is 23.1 Å². The van der Waals surface area contributed by atoms with Gasteiger partial charge in [-0.15, -0.1) is 10.2 Å². The predicted molar refractivity (Wildman–Crippen MR) is 79.9 cm³/mol. The van der Waals surface area contributed by atoms with Crippen LogP contribution in [0.25, 0.3) is 11.4 Å². The Morgan fingerprint density at radius 2 is 2.22 bits per heavy atom. The molecule has 0 aliphatic rings. The minimum Gasteiger partial charge on any atom is -0.337 e. The molecule has 1 atom stereocenters. The summed E-state index contributed by atoms with van der Waals surface area (Å²) in [5.41, 5.74) is 0.567. The number of rotatable bonds is 6. The zero-order valence-electron chi connectivity index (χ0n) is 13.0. The summed E-state index contributed by atoms with van der Waals surface area (Å²) >= 11 is 0. The topological polar surface area (TPSA) is 82.5 Å². The molecule has 3 rings (SSSR count). The van der Waals surface area contributed by atoms with Gasteiger partial charge in [0.15, 0.2) is 5.82 Å². The van der Waals surface area contributed by atoms with Gasteiger partial charge in [-0.05, 0) is 30.7 Å². The van der Waals surface area contributed by atoms with Gasteiger partial charge in [-0.1, -0.05) is 30.6 Å². The molecule has 8 heteroatoms. The van der Waals surface area contributed by atoms with E-state index in [-0.39, 0.29) is 11.9 Å². The lowest BCUT2D eigenvalue weighted by atomic mass is 10.2. The summed E-state index contributed by atoms with van der Waals surface area (Å²) in [6.07, 6.45) is 2.87. The summed E-state index contributed by atoms with van der Waals surface area (Å²) < 4.78 is 18.5. The minimum absolute atomic E-state index is 0.340. The van der Waals surface area contributed by atoms with E-state index in [1.807, 2.05) is 6.92 Å². The van der Waals surface area contributed by atoms with Gasteiger partial charge in [-0.25, -0.2) is 4.39 Å². The van der Waals surface area contributed by atoms with E-state index in [1.165, 1.54) is 16.9 Å². The lowest BCUT2D eigenvalue weighted by Crippen LogP contribution is -2.11. The lowest BCUT2D eigenvalue weighted by molar-refractivity contribution is 0.318. The third-order valence-electron chi connectivity index (χ3n) is 3.45. The smallest absolute Gasteiger partial charge is 0.253 e. The van der Waals surface area contributed by atoms with Crippen LogP contribution in [0, 0.1) is 5.82 Å². The standard InChI is InChI=1S/C15H17FN6O/c1-3-4-8-13-17-15(23-20-13)10(2)22-19-14(18-21-22)11-6-5-7-12(16)9-11/h5-7,9-10H,3-4,8H2,1-2H3. The Kier molecular flexibility index (Phi) is 4.40. The molecule has 0 aliphatic heterocycles. The van der Waals surface area contributed by atoms with Gasteiger partial charge in [-0.3, -0.25) is 0 Å². The van der Waals surface area contributed by atoms with E-state index in [1.54, 1.807) is 12.1 Å². The van der Waals surface area contributed by atoms with Crippen LogP contribution in [0.4, 0.5) is 4.39 Å². The highest BCUT2D eigenvalue weighted by Gasteiger charge is 2.19. The van der Waals surface area contributed by atoms with Crippen LogP contribution in [-0.4, -0.2) is 30.3 Å². The monoisotopic (exact) mass is 316 g/mol. The predicted octanol–water partition coefficient (Wildman–Crippen LogP) is 2.81. The van der Waals surface area contributed by atoms with E-state index >= 15 is 0 Å². The van der Waals surface area contributed by atoms with Crippen molar-refractivity contribution in [2.75, 3.05) is 0 Å². The number of hydrogen-bond acceptors (Lipinski definition) is 6. The molecular weight excluding hydrogens is 299 g/mol. The maximum Gasteiger partial charge on any atom is 0.253 e. The van der Waals surface area contributed by atoms with E-state index in [0.717, 1.165) is 19.3 Å². The Labute approximate surface area is 132 Å². The van der Waals surface area contributed by atoms with Gasteiger partial charge in [0.25, 0.3) is 5.89 Å². The Hall–Kier alpha value is -2.64. The van der Waals surface area contributed by atoms with Crippen molar-refractivity contribution >= 4 is 0 Å². The number of hydrogen-bond donors (Lipinski definition) is 0. The van der Waals surface area contributed by atoms with Gasteiger partial charge in [-0.2, -0.15) is 9.78 Å². The molecule has 0 radical (unpaired) electrons. The van der Waals surface area contributed by atoms with Crippen molar-refractivity contribution in [3.05, 3.63) is 41.8 Å². The summed E-state index contributed by atoms with van der Waals surface area (Å²) in [7, 11) is 0. The first-order valence-corrected chi connectivity index (χ1v) is 7.55. The number of nitrogens with zero attached hydrogens (tertiary/aromatic N) is 6. The highest BCUT2D eigenvalue weighted by atomic mass is 19.1. The summed E-state index contributed by atoms with van der Waals surface area (Å²) in [5, 5.41) is 16.2. The van der Waals surface area contributed by atoms with Crippen LogP contribution < -0.4 is 0 Å². The number of unbranched alkanes of at least 4 members (excludes halogenated alkanes) is 1. The zero-order chi connectivity index (χ0) is 16.2. The molecule has 2 heterocycles. The number of halogens is 1. The van der Waals surface area contributed by atoms with Gasteiger partial charge in [0.1, 0.15) is 11.9 Å². The first-order chi connectivity index (χ1) is 11.2. The van der Waals surface area contributed by atoms with Gasteiger partial charge in [0.2, 0.25) is 5.82 Å². The molecule has 0 fully saturated rings. The van der Waals surface area contributed by atoms with E-state index in [2.05, 4.69) is 32.5 Å². The molecule has 3 aromatic rings. The van der Waals surface area contributed by atoms with E-state index in [4.69, 9.17) is 4.52 Å². The Morgan fingerprint density at radius 1 is 1.35 bits per heavy atom. The second kappa shape index (κ2) is 6.64. The highest BCUT2D eigenvalue weighted by Crippen LogP contribution is 2.18. The quantitative estimate of drug-likeness (QED) is 0.695. The highest BCUT2D eigenvalue weighted by molar-refractivity contribution is 5.53. The molecule has 0 bridgehead atoms. The molecule has 2 aromatic heterocycles. The number of aromatic nitrogens is 6. The molecule has 0 spiro atoms. The van der Waals surface area contributed by atoms with Crippen LogP contribution in [0.1, 0.15) is 44.4 Å². The molecule has 1 aromatic carbocycles. The molecule has 0 saturated carbocycles. The van der Waals surface area contributed by atoms with Gasteiger partial charge in [0.05, 0.1) is 0 Å². The van der Waals surface area contributed by atoms with Crippen molar-refractivity contribution in [3.8, 4) is 11.4 Å². The van der Waals surface area contributed by atoms with Gasteiger partial charge in [0, 0.05) is 12.0 Å². The largest absolute Gasteiger partial charge is 0.337 e. The molecule has 0 aliphatic carbocycles. The maximum atomic E-state index is 13.3. The number of tetrazole rings is 1. The summed E-state index contributed by atoms with van der Waals surface area (Å²) in [4.78, 5) is 5.74. The van der Waals surface area contributed by atoms with Crippen molar-refractivity contribution in [2.45, 2.75) is 39.2 Å². The summed E-state index contributed by atoms with van der Waals surface area (Å²) in [5.74, 6) is 1.12. The lowest BCUT2D eigenvalue weighted by Gasteiger charge is -2.02. The van der Waals surface area contributed by atoms with Crippen molar-refractivity contribution in [3.63, 3.8) is 0 Å². The summed E-state index contributed by atoms with van der Waals surface area (Å²) in [6, 6.07) is 5.72. The fourth-order valence-electron chi connectivity index (χ4n) is 2.10. The third-order valence-corrected chi connectivity index (χ3v) is 3.45. The first-order valence-electron chi connectivity index (χ1n) is 7.55. The first kappa shape index (κ1) is 15.3. The van der Waals surface area contributed by atoms with E-state index in [9.17, 15) is 4.39 Å². The Bertz CT molecular complexity index is 784. The van der Waals surface area contributed by atoms with Crippen molar-refractivity contribution in [2.24, 2.45) is 0 Å². The summed E-state index contributed by atoms with van der Waals surface area (Å²) in [6.45, 7) is 3.95. The Balaban J connectivity index is 1.78. The molecule has 7 nitrogen and oxygen atoms in total. The fourth-order valence-corrected chi connectivity index (χ4v) is 2.10. The molecule has 0 saturated heterocycles. The molecule has 0 N–H and O–H groups in total.